The van der Waals surface area contributed by atoms with Crippen LogP contribution in [0, 0.1) is 13.8 Å². The number of aryl methyl sites for hydroxylation is 2. The average molecular weight is 253 g/mol. The molecule has 3 nitrogen and oxygen atoms in total. The normalized spacial score (nSPS) is 18.8. The Balaban J connectivity index is 1.93. The molecule has 3 heteroatoms. The van der Waals surface area contributed by atoms with Gasteiger partial charge in [0.25, 0.3) is 0 Å². The van der Waals surface area contributed by atoms with Crippen molar-refractivity contribution in [3.63, 3.8) is 0 Å². The minimum Gasteiger partial charge on any atom is -0.348 e. The maximum atomic E-state index is 4.68. The highest BCUT2D eigenvalue weighted by molar-refractivity contribution is 5.43. The van der Waals surface area contributed by atoms with Crippen LogP contribution in [0.2, 0.25) is 0 Å². The smallest absolute Gasteiger partial charge is 0.129 e. The van der Waals surface area contributed by atoms with Gasteiger partial charge in [0, 0.05) is 17.9 Å². The van der Waals surface area contributed by atoms with Crippen LogP contribution >= 0.6 is 0 Å². The Kier molecular flexibility index (Phi) is 3.20. The second-order valence-electron chi connectivity index (χ2n) is 5.19. The predicted molar refractivity (Wildman–Crippen MR) is 77.3 cm³/mol. The maximum Gasteiger partial charge on any atom is 0.129 e. The van der Waals surface area contributed by atoms with Crippen molar-refractivity contribution in [1.29, 1.82) is 0 Å². The fourth-order valence-corrected chi connectivity index (χ4v) is 2.79. The van der Waals surface area contributed by atoms with Crippen LogP contribution in [0.5, 0.6) is 0 Å². The van der Waals surface area contributed by atoms with Crippen molar-refractivity contribution in [3.05, 3.63) is 53.5 Å². The summed E-state index contributed by atoms with van der Waals surface area (Å²) < 4.78 is 0. The van der Waals surface area contributed by atoms with Crippen LogP contribution in [0.15, 0.2) is 36.4 Å². The molecule has 1 aliphatic heterocycles. The van der Waals surface area contributed by atoms with E-state index in [1.54, 1.807) is 0 Å². The van der Waals surface area contributed by atoms with Gasteiger partial charge in [-0.1, -0.05) is 12.1 Å². The first kappa shape index (κ1) is 12.2. The largest absolute Gasteiger partial charge is 0.348 e. The zero-order valence-electron chi connectivity index (χ0n) is 11.5. The van der Waals surface area contributed by atoms with E-state index in [2.05, 4.69) is 39.1 Å². The molecule has 0 bridgehead atoms. The van der Waals surface area contributed by atoms with Gasteiger partial charge in [-0.05, 0) is 51.0 Å². The van der Waals surface area contributed by atoms with Crippen LogP contribution in [0.25, 0.3) is 0 Å². The monoisotopic (exact) mass is 253 g/mol. The fourth-order valence-electron chi connectivity index (χ4n) is 2.79. The third-order valence-corrected chi connectivity index (χ3v) is 3.67. The first-order valence-corrected chi connectivity index (χ1v) is 6.88. The Morgan fingerprint density at radius 3 is 2.47 bits per heavy atom. The summed E-state index contributed by atoms with van der Waals surface area (Å²) in [4.78, 5) is 11.7. The molecule has 2 aromatic heterocycles. The highest BCUT2D eigenvalue weighted by Crippen LogP contribution is 2.34. The van der Waals surface area contributed by atoms with Crippen molar-refractivity contribution < 1.29 is 0 Å². The maximum absolute atomic E-state index is 4.68. The molecule has 3 rings (SSSR count). The minimum atomic E-state index is 0.370. The number of pyridine rings is 2. The Morgan fingerprint density at radius 1 is 1.00 bits per heavy atom. The molecule has 0 aromatic carbocycles. The minimum absolute atomic E-state index is 0.370. The molecule has 0 saturated carbocycles. The molecule has 1 fully saturated rings. The lowest BCUT2D eigenvalue weighted by Crippen LogP contribution is -2.24. The summed E-state index contributed by atoms with van der Waals surface area (Å²) in [6.45, 7) is 5.16. The molecule has 0 unspecified atom stereocenters. The summed E-state index contributed by atoms with van der Waals surface area (Å²) in [7, 11) is 0. The fraction of sp³-hybridized carbons (Fsp3) is 0.375. The molecule has 0 aliphatic carbocycles. The highest BCUT2D eigenvalue weighted by Gasteiger charge is 2.28. The van der Waals surface area contributed by atoms with Crippen LogP contribution in [-0.4, -0.2) is 16.5 Å². The van der Waals surface area contributed by atoms with Gasteiger partial charge < -0.3 is 4.90 Å². The molecular weight excluding hydrogens is 234 g/mol. The van der Waals surface area contributed by atoms with E-state index in [9.17, 15) is 0 Å². The van der Waals surface area contributed by atoms with E-state index in [0.717, 1.165) is 30.2 Å². The van der Waals surface area contributed by atoms with Crippen molar-refractivity contribution in [2.75, 3.05) is 11.4 Å². The molecule has 19 heavy (non-hydrogen) atoms. The molecule has 98 valence electrons. The van der Waals surface area contributed by atoms with Gasteiger partial charge in [-0.15, -0.1) is 0 Å². The van der Waals surface area contributed by atoms with E-state index < -0.39 is 0 Å². The van der Waals surface area contributed by atoms with Crippen LogP contribution in [0.1, 0.15) is 36.0 Å². The lowest BCUT2D eigenvalue weighted by molar-refractivity contribution is 0.684. The van der Waals surface area contributed by atoms with Crippen LogP contribution in [-0.2, 0) is 0 Å². The average Bonchev–Trinajstić information content (AvgIpc) is 2.88. The number of anilines is 1. The third kappa shape index (κ3) is 2.46. The van der Waals surface area contributed by atoms with Gasteiger partial charge in [-0.3, -0.25) is 4.98 Å². The van der Waals surface area contributed by atoms with E-state index in [1.807, 2.05) is 26.0 Å². The summed E-state index contributed by atoms with van der Waals surface area (Å²) in [6.07, 6.45) is 2.36. The van der Waals surface area contributed by atoms with Gasteiger partial charge in [0.1, 0.15) is 5.82 Å². The second-order valence-corrected chi connectivity index (χ2v) is 5.19. The Morgan fingerprint density at radius 2 is 1.74 bits per heavy atom. The summed E-state index contributed by atoms with van der Waals surface area (Å²) in [5.41, 5.74) is 3.32. The molecule has 2 aromatic rings. The SMILES string of the molecule is Cc1cccc([C@H]2CCCN2c2cccc(C)n2)n1. The van der Waals surface area contributed by atoms with E-state index in [0.29, 0.717) is 6.04 Å². The molecule has 0 spiro atoms. The van der Waals surface area contributed by atoms with E-state index >= 15 is 0 Å². The summed E-state index contributed by atoms with van der Waals surface area (Å²) in [5.74, 6) is 1.07. The van der Waals surface area contributed by atoms with E-state index in [1.165, 1.54) is 12.1 Å². The van der Waals surface area contributed by atoms with E-state index in [-0.39, 0.29) is 0 Å². The first-order chi connectivity index (χ1) is 9.24. The van der Waals surface area contributed by atoms with Crippen LogP contribution in [0.4, 0.5) is 5.82 Å². The zero-order chi connectivity index (χ0) is 13.2. The van der Waals surface area contributed by atoms with Crippen molar-refractivity contribution in [1.82, 2.24) is 9.97 Å². The van der Waals surface area contributed by atoms with Crippen molar-refractivity contribution in [3.8, 4) is 0 Å². The molecule has 1 saturated heterocycles. The van der Waals surface area contributed by atoms with Gasteiger partial charge in [0.15, 0.2) is 0 Å². The van der Waals surface area contributed by atoms with Gasteiger partial charge in [0.2, 0.25) is 0 Å². The predicted octanol–water partition coefficient (Wildman–Crippen LogP) is 3.43. The third-order valence-electron chi connectivity index (χ3n) is 3.67. The van der Waals surface area contributed by atoms with Crippen LogP contribution < -0.4 is 4.90 Å². The summed E-state index contributed by atoms with van der Waals surface area (Å²) in [5, 5.41) is 0. The molecule has 0 radical (unpaired) electrons. The molecule has 0 N–H and O–H groups in total. The Hall–Kier alpha value is -1.90. The quantitative estimate of drug-likeness (QED) is 0.821. The number of aromatic nitrogens is 2. The van der Waals surface area contributed by atoms with Gasteiger partial charge in [0.05, 0.1) is 11.7 Å². The second kappa shape index (κ2) is 5.00. The number of hydrogen-bond donors (Lipinski definition) is 0. The van der Waals surface area contributed by atoms with Crippen molar-refractivity contribution in [2.24, 2.45) is 0 Å². The lowest BCUT2D eigenvalue weighted by Gasteiger charge is -2.25. The number of hydrogen-bond acceptors (Lipinski definition) is 3. The van der Waals surface area contributed by atoms with Gasteiger partial charge >= 0.3 is 0 Å². The lowest BCUT2D eigenvalue weighted by atomic mass is 10.1. The zero-order valence-corrected chi connectivity index (χ0v) is 11.5. The molecule has 1 atom stereocenters. The Labute approximate surface area is 114 Å². The van der Waals surface area contributed by atoms with Crippen molar-refractivity contribution in [2.45, 2.75) is 32.7 Å². The number of nitrogens with zero attached hydrogens (tertiary/aromatic N) is 3. The topological polar surface area (TPSA) is 29.0 Å². The van der Waals surface area contributed by atoms with E-state index in [4.69, 9.17) is 0 Å². The van der Waals surface area contributed by atoms with Gasteiger partial charge in [-0.2, -0.15) is 0 Å². The molecule has 3 heterocycles. The highest BCUT2D eigenvalue weighted by atomic mass is 15.2. The molecular formula is C16H19N3. The summed E-state index contributed by atoms with van der Waals surface area (Å²) in [6, 6.07) is 12.9. The molecule has 1 aliphatic rings. The van der Waals surface area contributed by atoms with Crippen molar-refractivity contribution >= 4 is 5.82 Å². The first-order valence-electron chi connectivity index (χ1n) is 6.88. The molecule has 0 amide bonds. The van der Waals surface area contributed by atoms with Crippen LogP contribution in [0.3, 0.4) is 0 Å². The standard InChI is InChI=1S/C16H19N3/c1-12-6-3-8-14(17-12)15-9-5-11-19(15)16-10-4-7-13(2)18-16/h3-4,6-8,10,15H,5,9,11H2,1-2H3/t15-/m1/s1. The Bertz CT molecular complexity index is 528. The summed E-state index contributed by atoms with van der Waals surface area (Å²) >= 11 is 0. The number of rotatable bonds is 2. The van der Waals surface area contributed by atoms with Gasteiger partial charge in [-0.25, -0.2) is 4.98 Å².